The molecule has 0 aromatic rings. The SMILES string of the molecule is CC(=O)CC[C@@H](C)[C@H]1CCC2C3C(CC[C@@]21C)[C@@]1(C)CC[C@@H](C)C[C@H]1C[C@@H]3O.C[C@@H]1CC[C@@]2(C)C(=C[C@H](O)C3C2CC[C@@]2(C)C3CC[C@@H]2[C@H](C)CCC(=O)OP)C1. The van der Waals surface area contributed by atoms with Gasteiger partial charge >= 0.3 is 5.97 Å². The van der Waals surface area contributed by atoms with E-state index in [-0.39, 0.29) is 18.2 Å². The summed E-state index contributed by atoms with van der Waals surface area (Å²) in [6.07, 6.45) is 24.5. The van der Waals surface area contributed by atoms with Crippen LogP contribution in [0.3, 0.4) is 0 Å². The first-order valence-electron chi connectivity index (χ1n) is 24.3. The molecule has 0 aliphatic heterocycles. The van der Waals surface area contributed by atoms with Gasteiger partial charge in [0.15, 0.2) is 0 Å². The molecule has 0 radical (unpaired) electrons. The van der Waals surface area contributed by atoms with E-state index in [1.807, 2.05) is 0 Å². The van der Waals surface area contributed by atoms with Crippen molar-refractivity contribution in [1.29, 1.82) is 0 Å². The zero-order valence-corrected chi connectivity index (χ0v) is 39.0. The van der Waals surface area contributed by atoms with Gasteiger partial charge in [-0.25, -0.2) is 0 Å². The lowest BCUT2D eigenvalue weighted by Crippen LogP contribution is -2.58. The van der Waals surface area contributed by atoms with E-state index in [0.29, 0.717) is 81.2 Å². The first-order valence-corrected chi connectivity index (χ1v) is 24.8. The number of aliphatic hydroxyl groups is 2. The molecule has 0 heterocycles. The molecule has 7 fully saturated rings. The van der Waals surface area contributed by atoms with Gasteiger partial charge in [-0.3, -0.25) is 4.79 Å². The Labute approximate surface area is 351 Å². The highest BCUT2D eigenvalue weighted by Crippen LogP contribution is 2.70. The van der Waals surface area contributed by atoms with Gasteiger partial charge in [0.25, 0.3) is 0 Å². The highest BCUT2D eigenvalue weighted by atomic mass is 31.0. The third-order valence-corrected chi connectivity index (χ3v) is 21.0. The summed E-state index contributed by atoms with van der Waals surface area (Å²) >= 11 is 0. The summed E-state index contributed by atoms with van der Waals surface area (Å²) in [6, 6.07) is 0. The van der Waals surface area contributed by atoms with Gasteiger partial charge in [-0.05, 0) is 208 Å². The van der Waals surface area contributed by atoms with Crippen LogP contribution in [0.15, 0.2) is 11.6 Å². The topological polar surface area (TPSA) is 83.8 Å². The summed E-state index contributed by atoms with van der Waals surface area (Å²) < 4.78 is 4.79. The summed E-state index contributed by atoms with van der Waals surface area (Å²) in [5.74, 6) is 8.76. The van der Waals surface area contributed by atoms with Crippen LogP contribution in [0.1, 0.15) is 184 Å². The molecular formula is C51H85O5P. The summed E-state index contributed by atoms with van der Waals surface area (Å²) in [5.41, 5.74) is 3.02. The van der Waals surface area contributed by atoms with Crippen molar-refractivity contribution in [3.05, 3.63) is 11.6 Å². The molecule has 0 saturated heterocycles. The van der Waals surface area contributed by atoms with Crippen LogP contribution in [0.5, 0.6) is 0 Å². The molecule has 57 heavy (non-hydrogen) atoms. The minimum atomic E-state index is -0.265. The Hall–Kier alpha value is -0.770. The van der Waals surface area contributed by atoms with Crippen LogP contribution in [-0.2, 0) is 14.1 Å². The van der Waals surface area contributed by atoms with Gasteiger partial charge in [-0.1, -0.05) is 73.5 Å². The number of hydrogen-bond donors (Lipinski definition) is 2. The van der Waals surface area contributed by atoms with Crippen molar-refractivity contribution in [2.45, 2.75) is 197 Å². The van der Waals surface area contributed by atoms with Crippen LogP contribution in [-0.4, -0.2) is 34.2 Å². The molecule has 8 aliphatic carbocycles. The Morgan fingerprint density at radius 2 is 1.26 bits per heavy atom. The lowest BCUT2D eigenvalue weighted by atomic mass is 9.43. The van der Waals surface area contributed by atoms with E-state index in [4.69, 9.17) is 4.52 Å². The number of hydrogen-bond acceptors (Lipinski definition) is 5. The number of carbonyl (C=O) groups is 2. The Morgan fingerprint density at radius 1 is 0.719 bits per heavy atom. The highest BCUT2D eigenvalue weighted by Gasteiger charge is 2.63. The van der Waals surface area contributed by atoms with Crippen LogP contribution < -0.4 is 0 Å². The van der Waals surface area contributed by atoms with Crippen molar-refractivity contribution in [1.82, 2.24) is 0 Å². The molecule has 8 rings (SSSR count). The molecule has 0 aromatic carbocycles. The van der Waals surface area contributed by atoms with E-state index >= 15 is 0 Å². The number of allylic oxidation sites excluding steroid dienone is 1. The van der Waals surface area contributed by atoms with E-state index in [2.05, 4.69) is 70.9 Å². The quantitative estimate of drug-likeness (QED) is 0.188. The zero-order valence-electron chi connectivity index (χ0n) is 37.9. The molecule has 0 amide bonds. The first kappa shape index (κ1) is 44.3. The Bertz CT molecular complexity index is 1490. The average Bonchev–Trinajstić information content (AvgIpc) is 3.71. The standard InChI is InChI=1S/C26H44O2.C25H41O3P/c1-16-10-12-25(4)19(14-16)15-23(28)24-21-9-8-20(17(2)6-7-18(3)27)26(21,5)13-11-22(24)25;1-15-9-11-24(3)17(13-15)14-21(26)23-19-7-6-18(16(2)5-8-22(27)28-29)25(19,4)12-10-20(23)24/h16-17,19-24,28H,6-15H2,1-5H3;14-16,18-21,23,26H,5-13,29H2,1-4H3/t16-,17-,19+,20-,21?,22?,23+,24?,25+,26-;15-,16-,18-,19?,20?,21+,23?,24+,25-/m11/s1. The van der Waals surface area contributed by atoms with Crippen molar-refractivity contribution in [3.63, 3.8) is 0 Å². The predicted molar refractivity (Wildman–Crippen MR) is 235 cm³/mol. The second-order valence-electron chi connectivity index (χ2n) is 23.6. The molecule has 2 N–H and O–H groups in total. The monoisotopic (exact) mass is 809 g/mol. The molecule has 324 valence electrons. The summed E-state index contributed by atoms with van der Waals surface area (Å²) in [5, 5.41) is 22.7. The minimum Gasteiger partial charge on any atom is -0.452 e. The molecule has 7 unspecified atom stereocenters. The molecule has 7 saturated carbocycles. The van der Waals surface area contributed by atoms with Crippen LogP contribution in [0.25, 0.3) is 0 Å². The highest BCUT2D eigenvalue weighted by molar-refractivity contribution is 7.10. The Morgan fingerprint density at radius 3 is 1.88 bits per heavy atom. The fourth-order valence-electron chi connectivity index (χ4n) is 17.5. The van der Waals surface area contributed by atoms with Gasteiger partial charge in [0.1, 0.15) is 5.78 Å². The van der Waals surface area contributed by atoms with Gasteiger partial charge < -0.3 is 19.5 Å². The lowest BCUT2D eigenvalue weighted by Gasteiger charge is -2.62. The number of Topliss-reactive ketones (excluding diaryl/α,β-unsaturated/α-hetero) is 1. The molecule has 0 aromatic heterocycles. The zero-order chi connectivity index (χ0) is 41.2. The summed E-state index contributed by atoms with van der Waals surface area (Å²) in [4.78, 5) is 23.2. The van der Waals surface area contributed by atoms with Crippen molar-refractivity contribution < 1.29 is 24.3 Å². The Kier molecular flexibility index (Phi) is 13.1. The van der Waals surface area contributed by atoms with Crippen molar-refractivity contribution >= 4 is 21.2 Å². The van der Waals surface area contributed by atoms with Gasteiger partial charge in [0.05, 0.1) is 21.7 Å². The molecular weight excluding hydrogens is 724 g/mol. The number of rotatable bonds is 8. The van der Waals surface area contributed by atoms with Crippen molar-refractivity contribution in [2.24, 2.45) is 98.6 Å². The molecule has 0 spiro atoms. The molecule has 8 aliphatic rings. The first-order chi connectivity index (χ1) is 26.9. The molecule has 6 heteroatoms. The average molecular weight is 809 g/mol. The predicted octanol–water partition coefficient (Wildman–Crippen LogP) is 12.2. The third-order valence-electron chi connectivity index (χ3n) is 20.7. The summed E-state index contributed by atoms with van der Waals surface area (Å²) in [7, 11) is 2.08. The van der Waals surface area contributed by atoms with E-state index in [1.54, 1.807) is 12.5 Å². The van der Waals surface area contributed by atoms with Crippen LogP contribution in [0, 0.1) is 98.6 Å². The van der Waals surface area contributed by atoms with Crippen molar-refractivity contribution in [2.75, 3.05) is 0 Å². The number of carbonyl (C=O) groups excluding carboxylic acids is 2. The summed E-state index contributed by atoms with van der Waals surface area (Å²) in [6.45, 7) is 21.4. The largest absolute Gasteiger partial charge is 0.452 e. The number of fused-ring (bicyclic) bond motifs is 10. The van der Waals surface area contributed by atoms with Crippen molar-refractivity contribution in [3.8, 4) is 0 Å². The van der Waals surface area contributed by atoms with Gasteiger partial charge in [0, 0.05) is 12.8 Å². The third kappa shape index (κ3) is 7.85. The van der Waals surface area contributed by atoms with Gasteiger partial charge in [0.2, 0.25) is 0 Å². The second kappa shape index (κ2) is 16.8. The lowest BCUT2D eigenvalue weighted by molar-refractivity contribution is -0.168. The van der Waals surface area contributed by atoms with Crippen LogP contribution in [0.4, 0.5) is 0 Å². The van der Waals surface area contributed by atoms with Crippen LogP contribution >= 0.6 is 9.47 Å². The molecule has 20 atom stereocenters. The fraction of sp³-hybridized carbons (Fsp3) is 0.922. The maximum atomic E-state index is 11.6. The minimum absolute atomic E-state index is 0.0794. The fourth-order valence-corrected chi connectivity index (χ4v) is 17.6. The van der Waals surface area contributed by atoms with Gasteiger partial charge in [-0.15, -0.1) is 0 Å². The second-order valence-corrected chi connectivity index (χ2v) is 23.8. The van der Waals surface area contributed by atoms with Gasteiger partial charge in [-0.2, -0.15) is 0 Å². The van der Waals surface area contributed by atoms with E-state index in [0.717, 1.165) is 55.3 Å². The molecule has 5 nitrogen and oxygen atoms in total. The maximum absolute atomic E-state index is 11.6. The molecule has 0 bridgehead atoms. The Balaban J connectivity index is 0.000000174. The maximum Gasteiger partial charge on any atom is 0.307 e. The smallest absolute Gasteiger partial charge is 0.307 e. The van der Waals surface area contributed by atoms with Crippen LogP contribution in [0.2, 0.25) is 0 Å². The van der Waals surface area contributed by atoms with E-state index in [1.165, 1.54) is 89.9 Å². The van der Waals surface area contributed by atoms with E-state index < -0.39 is 0 Å². The normalized spacial score (nSPS) is 49.5. The number of aliphatic hydroxyl groups excluding tert-OH is 2. The van der Waals surface area contributed by atoms with E-state index in [9.17, 15) is 19.8 Å². The number of ketones is 1.